The number of ketones is 2. The number of hydrogen-bond acceptors (Lipinski definition) is 4. The molecule has 7 unspecified atom stereocenters. The molecule has 0 aromatic carbocycles. The predicted octanol–water partition coefficient (Wildman–Crippen LogP) is 5.48. The van der Waals surface area contributed by atoms with Crippen LogP contribution in [0.4, 0.5) is 4.79 Å². The van der Waals surface area contributed by atoms with E-state index >= 15 is 0 Å². The summed E-state index contributed by atoms with van der Waals surface area (Å²) in [6.45, 7) is 4.79. The minimum absolute atomic E-state index is 0.00282. The van der Waals surface area contributed by atoms with E-state index in [1.165, 1.54) is 18.4 Å². The smallest absolute Gasteiger partial charge is 0.408 e. The molecule has 0 saturated heterocycles. The maximum absolute atomic E-state index is 13.5. The van der Waals surface area contributed by atoms with Crippen LogP contribution in [0.2, 0.25) is 0 Å². The van der Waals surface area contributed by atoms with Crippen LogP contribution in [-0.2, 0) is 14.3 Å². The van der Waals surface area contributed by atoms with Crippen molar-refractivity contribution in [1.82, 2.24) is 5.32 Å². The summed E-state index contributed by atoms with van der Waals surface area (Å²) in [5.74, 6) is 1.98. The van der Waals surface area contributed by atoms with Gasteiger partial charge in [-0.25, -0.2) is 4.79 Å². The molecule has 5 heteroatoms. The normalized spacial score (nSPS) is 42.1. The van der Waals surface area contributed by atoms with Gasteiger partial charge in [-0.15, -0.1) is 0 Å². The third-order valence-corrected chi connectivity index (χ3v) is 10.6. The van der Waals surface area contributed by atoms with Gasteiger partial charge in [0.05, 0.1) is 6.54 Å². The number of allylic oxidation sites excluding steroid dienone is 6. The van der Waals surface area contributed by atoms with Gasteiger partial charge >= 0.3 is 6.09 Å². The first-order valence-corrected chi connectivity index (χ1v) is 13.5. The van der Waals surface area contributed by atoms with Gasteiger partial charge in [0.25, 0.3) is 0 Å². The molecular formula is C30H37NO4. The summed E-state index contributed by atoms with van der Waals surface area (Å²) in [5.41, 5.74) is 1.58. The Labute approximate surface area is 208 Å². The molecule has 6 rings (SSSR count). The molecule has 7 atom stereocenters. The third kappa shape index (κ3) is 3.60. The van der Waals surface area contributed by atoms with E-state index < -0.39 is 6.09 Å². The van der Waals surface area contributed by atoms with Crippen LogP contribution in [-0.4, -0.2) is 30.3 Å². The van der Waals surface area contributed by atoms with Gasteiger partial charge in [0.2, 0.25) is 0 Å². The molecule has 1 N–H and O–H groups in total. The summed E-state index contributed by atoms with van der Waals surface area (Å²) in [4.78, 5) is 37.9. The quantitative estimate of drug-likeness (QED) is 0.584. The molecule has 0 aromatic heterocycles. The van der Waals surface area contributed by atoms with Crippen molar-refractivity contribution < 1.29 is 19.1 Å². The van der Waals surface area contributed by atoms with E-state index in [9.17, 15) is 14.4 Å². The van der Waals surface area contributed by atoms with Crippen LogP contribution in [0.3, 0.4) is 0 Å². The van der Waals surface area contributed by atoms with E-state index in [0.29, 0.717) is 24.2 Å². The maximum atomic E-state index is 13.5. The van der Waals surface area contributed by atoms with Crippen molar-refractivity contribution >= 4 is 17.7 Å². The molecule has 6 aliphatic rings. The standard InChI is InChI=1S/C30H37NO4/c1-28-13-12-20(32)16-19(28)8-9-22-23-10-11-24(29(23,2)18-30(14-15-30)26(22)28)25(33)17-31-27(34)35-21-6-4-3-5-7-21/h3-6,12-13,16,21-24,26H,7-11,14-15,17-18H2,1-2H3,(H,31,34). The van der Waals surface area contributed by atoms with Crippen LogP contribution in [0.1, 0.15) is 65.2 Å². The molecule has 6 aliphatic carbocycles. The molecule has 4 fully saturated rings. The molecule has 0 heterocycles. The zero-order valence-electron chi connectivity index (χ0n) is 20.9. The summed E-state index contributed by atoms with van der Waals surface area (Å²) in [6.07, 6.45) is 21.1. The number of carbonyl (C=O) groups excluding carboxylic acids is 3. The van der Waals surface area contributed by atoms with Gasteiger partial charge in [0, 0.05) is 17.8 Å². The van der Waals surface area contributed by atoms with E-state index in [1.807, 2.05) is 30.4 Å². The lowest BCUT2D eigenvalue weighted by Gasteiger charge is -2.61. The highest BCUT2D eigenvalue weighted by Crippen LogP contribution is 2.77. The highest BCUT2D eigenvalue weighted by atomic mass is 16.6. The van der Waals surface area contributed by atoms with Gasteiger partial charge in [-0.05, 0) is 91.8 Å². The number of hydrogen-bond donors (Lipinski definition) is 1. The van der Waals surface area contributed by atoms with Crippen molar-refractivity contribution in [3.8, 4) is 0 Å². The van der Waals surface area contributed by atoms with Crippen molar-refractivity contribution in [2.75, 3.05) is 6.54 Å². The molecule has 186 valence electrons. The molecule has 0 aromatic rings. The van der Waals surface area contributed by atoms with E-state index in [2.05, 4.69) is 25.2 Å². The Balaban J connectivity index is 1.17. The third-order valence-electron chi connectivity index (χ3n) is 10.6. The first-order chi connectivity index (χ1) is 16.8. The first kappa shape index (κ1) is 23.0. The number of amides is 1. The zero-order chi connectivity index (χ0) is 24.4. The SMILES string of the molecule is CC12C=CC(=O)C=C1CCC1C2C2(CC2)CC2(C)C(C(=O)CNC(=O)OC3C=CC=CC3)CCC12. The number of fused-ring (bicyclic) bond motifs is 6. The first-order valence-electron chi connectivity index (χ1n) is 13.5. The fourth-order valence-electron chi connectivity index (χ4n) is 9.21. The minimum atomic E-state index is -0.511. The molecule has 1 amide bonds. The second-order valence-electron chi connectivity index (χ2n) is 12.5. The van der Waals surface area contributed by atoms with Crippen LogP contribution < -0.4 is 5.32 Å². The highest BCUT2D eigenvalue weighted by Gasteiger charge is 2.70. The molecule has 0 aliphatic heterocycles. The van der Waals surface area contributed by atoms with Crippen LogP contribution in [0.15, 0.2) is 48.1 Å². The Morgan fingerprint density at radius 1 is 1.14 bits per heavy atom. The second-order valence-corrected chi connectivity index (χ2v) is 12.5. The van der Waals surface area contributed by atoms with Crippen LogP contribution in [0.25, 0.3) is 0 Å². The Morgan fingerprint density at radius 2 is 1.97 bits per heavy atom. The second kappa shape index (κ2) is 8.04. The number of ether oxygens (including phenoxy) is 1. The number of nitrogens with one attached hydrogen (secondary N) is 1. The Morgan fingerprint density at radius 3 is 2.71 bits per heavy atom. The fourth-order valence-corrected chi connectivity index (χ4v) is 9.21. The van der Waals surface area contributed by atoms with Crippen molar-refractivity contribution in [2.45, 2.75) is 71.3 Å². The van der Waals surface area contributed by atoms with E-state index in [1.54, 1.807) is 6.08 Å². The van der Waals surface area contributed by atoms with Crippen LogP contribution >= 0.6 is 0 Å². The maximum Gasteiger partial charge on any atom is 0.408 e. The summed E-state index contributed by atoms with van der Waals surface area (Å²) in [7, 11) is 0. The Hall–Kier alpha value is -2.43. The van der Waals surface area contributed by atoms with Gasteiger partial charge in [-0.3, -0.25) is 9.59 Å². The summed E-state index contributed by atoms with van der Waals surface area (Å²) in [5, 5.41) is 2.74. The van der Waals surface area contributed by atoms with Gasteiger partial charge in [-0.2, -0.15) is 0 Å². The van der Waals surface area contributed by atoms with Crippen LogP contribution in [0, 0.1) is 39.9 Å². The molecular weight excluding hydrogens is 438 g/mol. The van der Waals surface area contributed by atoms with Gasteiger partial charge in [-0.1, -0.05) is 43.7 Å². The van der Waals surface area contributed by atoms with Gasteiger partial charge < -0.3 is 10.1 Å². The Kier molecular flexibility index (Phi) is 5.28. The number of alkyl carbamates (subject to hydrolysis) is 1. The number of Topliss-reactive ketones (excluding diaryl/α,β-unsaturated/α-hetero) is 1. The molecule has 4 saturated carbocycles. The number of carbonyl (C=O) groups is 3. The number of rotatable bonds is 4. The largest absolute Gasteiger partial charge is 0.442 e. The average Bonchev–Trinajstić information content (AvgIpc) is 3.49. The highest BCUT2D eigenvalue weighted by molar-refractivity contribution is 6.01. The fraction of sp³-hybridized carbons (Fsp3) is 0.633. The lowest BCUT2D eigenvalue weighted by Crippen LogP contribution is -2.55. The van der Waals surface area contributed by atoms with Gasteiger partial charge in [0.15, 0.2) is 11.6 Å². The molecule has 35 heavy (non-hydrogen) atoms. The van der Waals surface area contributed by atoms with E-state index in [4.69, 9.17) is 4.74 Å². The van der Waals surface area contributed by atoms with E-state index in [-0.39, 0.29) is 46.4 Å². The van der Waals surface area contributed by atoms with Crippen molar-refractivity contribution in [3.05, 3.63) is 48.1 Å². The van der Waals surface area contributed by atoms with Crippen molar-refractivity contribution in [3.63, 3.8) is 0 Å². The lowest BCUT2D eigenvalue weighted by atomic mass is 9.43. The summed E-state index contributed by atoms with van der Waals surface area (Å²) < 4.78 is 5.44. The topological polar surface area (TPSA) is 72.5 Å². The zero-order valence-corrected chi connectivity index (χ0v) is 20.9. The average molecular weight is 476 g/mol. The van der Waals surface area contributed by atoms with Gasteiger partial charge in [0.1, 0.15) is 6.10 Å². The monoisotopic (exact) mass is 475 g/mol. The predicted molar refractivity (Wildman–Crippen MR) is 133 cm³/mol. The summed E-state index contributed by atoms with van der Waals surface area (Å²) >= 11 is 0. The summed E-state index contributed by atoms with van der Waals surface area (Å²) in [6, 6.07) is 0. The molecule has 0 radical (unpaired) electrons. The van der Waals surface area contributed by atoms with E-state index in [0.717, 1.165) is 32.1 Å². The van der Waals surface area contributed by atoms with Crippen molar-refractivity contribution in [1.29, 1.82) is 0 Å². The lowest BCUT2D eigenvalue weighted by molar-refractivity contribution is -0.133. The molecule has 5 nitrogen and oxygen atoms in total. The van der Waals surface area contributed by atoms with Crippen molar-refractivity contribution in [2.24, 2.45) is 39.9 Å². The van der Waals surface area contributed by atoms with Crippen LogP contribution in [0.5, 0.6) is 0 Å². The minimum Gasteiger partial charge on any atom is -0.442 e. The molecule has 1 spiro atoms. The molecule has 0 bridgehead atoms. The Bertz CT molecular complexity index is 1080.